The van der Waals surface area contributed by atoms with Crippen molar-refractivity contribution in [2.24, 2.45) is 7.05 Å². The Bertz CT molecular complexity index is 896. The molecule has 0 fully saturated rings. The van der Waals surface area contributed by atoms with E-state index in [1.165, 1.54) is 11.1 Å². The van der Waals surface area contributed by atoms with Gasteiger partial charge in [0.1, 0.15) is 0 Å². The van der Waals surface area contributed by atoms with E-state index >= 15 is 0 Å². The number of carbonyl (C=O) groups excluding carboxylic acids is 1. The summed E-state index contributed by atoms with van der Waals surface area (Å²) in [5.74, 6) is 0.0952. The lowest BCUT2D eigenvalue weighted by Crippen LogP contribution is -2.14. The lowest BCUT2D eigenvalue weighted by Gasteiger charge is -2.05. The van der Waals surface area contributed by atoms with Crippen molar-refractivity contribution in [3.8, 4) is 0 Å². The summed E-state index contributed by atoms with van der Waals surface area (Å²) in [6.07, 6.45) is 1.83. The standard InChI is InChI=1S/C17H18ClN5O/c1-11-6-4-5-7-13(11)10-23-9-8-14(20-23)19-17(24)16-15(18)12(2)22(3)21-16/h4-9H,10H2,1-3H3,(H,19,20,24). The number of nitrogens with zero attached hydrogens (tertiary/aromatic N) is 4. The summed E-state index contributed by atoms with van der Waals surface area (Å²) in [5, 5.41) is 11.6. The Kier molecular flexibility index (Phi) is 4.40. The first-order valence-electron chi connectivity index (χ1n) is 7.54. The van der Waals surface area contributed by atoms with Gasteiger partial charge in [-0.15, -0.1) is 0 Å². The molecule has 3 rings (SSSR count). The molecule has 3 aromatic rings. The van der Waals surface area contributed by atoms with Gasteiger partial charge in [0.15, 0.2) is 11.5 Å². The zero-order valence-corrected chi connectivity index (χ0v) is 14.5. The fraction of sp³-hybridized carbons (Fsp3) is 0.235. The van der Waals surface area contributed by atoms with Crippen LogP contribution in [-0.4, -0.2) is 25.5 Å². The van der Waals surface area contributed by atoms with Gasteiger partial charge in [0.05, 0.1) is 17.3 Å². The minimum Gasteiger partial charge on any atom is -0.304 e. The van der Waals surface area contributed by atoms with E-state index in [4.69, 9.17) is 11.6 Å². The lowest BCUT2D eigenvalue weighted by molar-refractivity contribution is 0.102. The van der Waals surface area contributed by atoms with Gasteiger partial charge in [0, 0.05) is 19.3 Å². The highest BCUT2D eigenvalue weighted by atomic mass is 35.5. The molecule has 0 bridgehead atoms. The highest BCUT2D eigenvalue weighted by Gasteiger charge is 2.18. The van der Waals surface area contributed by atoms with E-state index in [0.29, 0.717) is 17.4 Å². The van der Waals surface area contributed by atoms with Crippen LogP contribution in [-0.2, 0) is 13.6 Å². The number of rotatable bonds is 4. The molecule has 1 amide bonds. The summed E-state index contributed by atoms with van der Waals surface area (Å²) in [6.45, 7) is 4.52. The molecule has 1 aromatic carbocycles. The van der Waals surface area contributed by atoms with Gasteiger partial charge in [-0.3, -0.25) is 14.2 Å². The third-order valence-corrected chi connectivity index (χ3v) is 4.40. The molecule has 0 spiro atoms. The van der Waals surface area contributed by atoms with E-state index in [9.17, 15) is 4.79 Å². The first kappa shape index (κ1) is 16.3. The number of aromatic nitrogens is 4. The fourth-order valence-electron chi connectivity index (χ4n) is 2.38. The second-order valence-electron chi connectivity index (χ2n) is 5.65. The van der Waals surface area contributed by atoms with E-state index in [0.717, 1.165) is 5.69 Å². The van der Waals surface area contributed by atoms with Gasteiger partial charge in [-0.2, -0.15) is 10.2 Å². The number of aryl methyl sites for hydroxylation is 2. The molecule has 0 unspecified atom stereocenters. The summed E-state index contributed by atoms with van der Waals surface area (Å²) in [4.78, 5) is 12.3. The maximum Gasteiger partial charge on any atom is 0.278 e. The van der Waals surface area contributed by atoms with E-state index < -0.39 is 0 Å². The van der Waals surface area contributed by atoms with Crippen LogP contribution in [0.1, 0.15) is 27.3 Å². The van der Waals surface area contributed by atoms with Gasteiger partial charge in [0.2, 0.25) is 0 Å². The molecule has 0 saturated carbocycles. The quantitative estimate of drug-likeness (QED) is 0.791. The predicted molar refractivity (Wildman–Crippen MR) is 93.4 cm³/mol. The molecule has 1 N–H and O–H groups in total. The van der Waals surface area contributed by atoms with Crippen molar-refractivity contribution in [2.75, 3.05) is 5.32 Å². The van der Waals surface area contributed by atoms with Gasteiger partial charge in [0.25, 0.3) is 5.91 Å². The first-order valence-corrected chi connectivity index (χ1v) is 7.92. The zero-order chi connectivity index (χ0) is 17.3. The SMILES string of the molecule is Cc1ccccc1Cn1ccc(NC(=O)c2nn(C)c(C)c2Cl)n1. The Balaban J connectivity index is 1.73. The summed E-state index contributed by atoms with van der Waals surface area (Å²) in [7, 11) is 1.74. The number of carbonyl (C=O) groups is 1. The maximum absolute atomic E-state index is 12.3. The molecular formula is C17H18ClN5O. The molecule has 0 aliphatic carbocycles. The lowest BCUT2D eigenvalue weighted by atomic mass is 10.1. The van der Waals surface area contributed by atoms with E-state index in [1.54, 1.807) is 22.5 Å². The number of anilines is 1. The Labute approximate surface area is 145 Å². The first-order chi connectivity index (χ1) is 11.5. The largest absolute Gasteiger partial charge is 0.304 e. The minimum absolute atomic E-state index is 0.199. The van der Waals surface area contributed by atoms with Crippen molar-refractivity contribution in [1.29, 1.82) is 0 Å². The van der Waals surface area contributed by atoms with Crippen LogP contribution >= 0.6 is 11.6 Å². The molecule has 0 aliphatic rings. The number of amides is 1. The molecule has 2 heterocycles. The molecule has 6 nitrogen and oxygen atoms in total. The van der Waals surface area contributed by atoms with Crippen LogP contribution in [0.5, 0.6) is 0 Å². The Morgan fingerprint density at radius 2 is 1.96 bits per heavy atom. The Morgan fingerprint density at radius 1 is 1.21 bits per heavy atom. The smallest absolute Gasteiger partial charge is 0.278 e. The monoisotopic (exact) mass is 343 g/mol. The third-order valence-electron chi connectivity index (χ3n) is 3.95. The molecule has 0 saturated heterocycles. The number of hydrogen-bond acceptors (Lipinski definition) is 3. The molecule has 24 heavy (non-hydrogen) atoms. The van der Waals surface area contributed by atoms with Gasteiger partial charge < -0.3 is 5.32 Å². The van der Waals surface area contributed by atoms with E-state index in [2.05, 4.69) is 34.6 Å². The summed E-state index contributed by atoms with van der Waals surface area (Å²) in [6, 6.07) is 9.88. The van der Waals surface area contributed by atoms with Gasteiger partial charge in [-0.25, -0.2) is 0 Å². The van der Waals surface area contributed by atoms with Gasteiger partial charge in [-0.1, -0.05) is 35.9 Å². The van der Waals surface area contributed by atoms with Crippen LogP contribution in [0.15, 0.2) is 36.5 Å². The average Bonchev–Trinajstić information content (AvgIpc) is 3.09. The highest BCUT2D eigenvalue weighted by Crippen LogP contribution is 2.20. The maximum atomic E-state index is 12.3. The van der Waals surface area contributed by atoms with Crippen molar-refractivity contribution in [3.63, 3.8) is 0 Å². The fourth-order valence-corrected chi connectivity index (χ4v) is 2.63. The van der Waals surface area contributed by atoms with Crippen LogP contribution in [0.2, 0.25) is 5.02 Å². The second kappa shape index (κ2) is 6.49. The molecule has 0 radical (unpaired) electrons. The Hall–Kier alpha value is -2.60. The van der Waals surface area contributed by atoms with Crippen LogP contribution in [0, 0.1) is 13.8 Å². The summed E-state index contributed by atoms with van der Waals surface area (Å²) < 4.78 is 3.36. The Morgan fingerprint density at radius 3 is 2.62 bits per heavy atom. The molecular weight excluding hydrogens is 326 g/mol. The molecule has 2 aromatic heterocycles. The zero-order valence-electron chi connectivity index (χ0n) is 13.7. The molecule has 124 valence electrons. The second-order valence-corrected chi connectivity index (χ2v) is 6.03. The van der Waals surface area contributed by atoms with Gasteiger partial charge in [-0.05, 0) is 25.0 Å². The number of nitrogens with one attached hydrogen (secondary N) is 1. The normalized spacial score (nSPS) is 10.8. The van der Waals surface area contributed by atoms with Crippen molar-refractivity contribution >= 4 is 23.3 Å². The summed E-state index contributed by atoms with van der Waals surface area (Å²) >= 11 is 6.14. The van der Waals surface area contributed by atoms with Crippen LogP contribution in [0.4, 0.5) is 5.82 Å². The van der Waals surface area contributed by atoms with Gasteiger partial charge >= 0.3 is 0 Å². The highest BCUT2D eigenvalue weighted by molar-refractivity contribution is 6.34. The molecule has 7 heteroatoms. The summed E-state index contributed by atoms with van der Waals surface area (Å²) in [5.41, 5.74) is 3.33. The topological polar surface area (TPSA) is 64.7 Å². The third kappa shape index (κ3) is 3.19. The molecule has 0 atom stereocenters. The van der Waals surface area contributed by atoms with E-state index in [-0.39, 0.29) is 11.6 Å². The van der Waals surface area contributed by atoms with Crippen molar-refractivity contribution in [3.05, 3.63) is 64.1 Å². The molecule has 0 aliphatic heterocycles. The minimum atomic E-state index is -0.371. The average molecular weight is 344 g/mol. The predicted octanol–water partition coefficient (Wildman–Crippen LogP) is 3.19. The van der Waals surface area contributed by atoms with Crippen molar-refractivity contribution < 1.29 is 4.79 Å². The van der Waals surface area contributed by atoms with Crippen LogP contribution in [0.3, 0.4) is 0 Å². The van der Waals surface area contributed by atoms with Crippen LogP contribution < -0.4 is 5.32 Å². The van der Waals surface area contributed by atoms with E-state index in [1.807, 2.05) is 25.3 Å². The van der Waals surface area contributed by atoms with Crippen molar-refractivity contribution in [2.45, 2.75) is 20.4 Å². The number of hydrogen-bond donors (Lipinski definition) is 1. The number of benzene rings is 1. The number of halogens is 1. The van der Waals surface area contributed by atoms with Crippen LogP contribution in [0.25, 0.3) is 0 Å². The van der Waals surface area contributed by atoms with Crippen molar-refractivity contribution in [1.82, 2.24) is 19.6 Å².